The second-order valence-corrected chi connectivity index (χ2v) is 18.2. The van der Waals surface area contributed by atoms with Gasteiger partial charge in [-0.25, -0.2) is 28.6 Å². The number of fused-ring (bicyclic) bond motifs is 1. The summed E-state index contributed by atoms with van der Waals surface area (Å²) >= 11 is 1.03. The largest absolute Gasteiger partial charge is 0.481 e. The summed E-state index contributed by atoms with van der Waals surface area (Å²) in [5.41, 5.74) is 4.87. The Labute approximate surface area is 327 Å². The van der Waals surface area contributed by atoms with Crippen molar-refractivity contribution in [3.05, 3.63) is 42.7 Å². The van der Waals surface area contributed by atoms with Crippen LogP contribution in [0.5, 0.6) is 0 Å². The molecule has 25 nitrogen and oxygen atoms in total. The molecule has 0 saturated carbocycles. The molecule has 29 heteroatoms. The molecule has 0 aromatic carbocycles. The third-order valence-electron chi connectivity index (χ3n) is 7.82. The Kier molecular flexibility index (Phi) is 16.0. The summed E-state index contributed by atoms with van der Waals surface area (Å²) in [6, 6.07) is 5.22. The Morgan fingerprint density at radius 1 is 1.04 bits per heavy atom. The van der Waals surface area contributed by atoms with Crippen LogP contribution in [-0.2, 0) is 57.1 Å². The summed E-state index contributed by atoms with van der Waals surface area (Å²) < 4.78 is 62.1. The van der Waals surface area contributed by atoms with Crippen molar-refractivity contribution in [1.29, 1.82) is 0 Å². The van der Waals surface area contributed by atoms with E-state index in [1.54, 1.807) is 24.4 Å². The van der Waals surface area contributed by atoms with E-state index in [9.17, 15) is 57.9 Å². The SMILES string of the molecule is CC(C)(COP(=O)(O)OP(=O)(O)OC[C@H]1O[C@@H](n2cnc3c(N)ncnc32)[C@H](O)[C@@H]1OP(=O)(O)O)[C@@H](O)C(=O)NCCC(=O)NCCSC(=O)Cc1ccccn1. The molecule has 1 aliphatic rings. The summed E-state index contributed by atoms with van der Waals surface area (Å²) in [6.45, 7) is 0.432. The van der Waals surface area contributed by atoms with Crippen LogP contribution in [0.2, 0.25) is 0 Å². The number of rotatable bonds is 21. The lowest BCUT2D eigenvalue weighted by atomic mass is 9.87. The highest BCUT2D eigenvalue weighted by atomic mass is 32.2. The average molecular weight is 887 g/mol. The zero-order chi connectivity index (χ0) is 42.2. The highest BCUT2D eigenvalue weighted by Gasteiger charge is 2.50. The maximum absolute atomic E-state index is 12.7. The fourth-order valence-corrected chi connectivity index (χ4v) is 8.51. The molecular formula is C28H41N8O17P3S. The molecule has 1 aliphatic heterocycles. The number of aliphatic hydroxyl groups excluding tert-OH is 2. The molecule has 3 aromatic rings. The predicted molar refractivity (Wildman–Crippen MR) is 195 cm³/mol. The predicted octanol–water partition coefficient (Wildman–Crippen LogP) is -0.698. The summed E-state index contributed by atoms with van der Waals surface area (Å²) in [4.78, 5) is 91.8. The van der Waals surface area contributed by atoms with Gasteiger partial charge in [0.1, 0.15) is 36.3 Å². The monoisotopic (exact) mass is 886 g/mol. The van der Waals surface area contributed by atoms with E-state index >= 15 is 0 Å². The van der Waals surface area contributed by atoms with E-state index in [1.807, 2.05) is 0 Å². The molecule has 3 aromatic heterocycles. The zero-order valence-electron chi connectivity index (χ0n) is 30.0. The van der Waals surface area contributed by atoms with Gasteiger partial charge in [0.05, 0.1) is 26.0 Å². The standard InChI is InChI=1S/C28H41N8O17P3S/c1-28(2,23(40)26(41)32-8-6-18(37)31-9-10-57-19(38)11-16-5-3-4-7-30-16)13-50-56(47,48)53-55(45,46)49-12-17-22(52-54(42,43)44)21(39)27(51-17)36-15-35-20-24(29)33-14-34-25(20)36/h3-5,7,14-15,17,21-23,27,39-40H,6,8-13H2,1-2H3,(H,31,37)(H,32,41)(H,45,46)(H,47,48)(H2,29,33,34)(H2,42,43,44)/t17-,21-,22-,23+,27-/m1/s1. The number of thioether (sulfide) groups is 1. The molecule has 0 radical (unpaired) electrons. The van der Waals surface area contributed by atoms with E-state index in [0.717, 1.165) is 29.0 Å². The Morgan fingerprint density at radius 3 is 2.44 bits per heavy atom. The second-order valence-electron chi connectivity index (χ2n) is 12.8. The molecule has 2 amide bonds. The van der Waals surface area contributed by atoms with E-state index in [0.29, 0.717) is 11.4 Å². The van der Waals surface area contributed by atoms with Crippen molar-refractivity contribution in [2.45, 2.75) is 57.3 Å². The molecule has 57 heavy (non-hydrogen) atoms. The number of aromatic nitrogens is 5. The fraction of sp³-hybridized carbons (Fsp3) is 0.536. The second kappa shape index (κ2) is 19.6. The van der Waals surface area contributed by atoms with Crippen LogP contribution in [0.4, 0.5) is 5.82 Å². The minimum Gasteiger partial charge on any atom is -0.386 e. The van der Waals surface area contributed by atoms with Crippen LogP contribution in [0.15, 0.2) is 37.1 Å². The number of anilines is 1. The number of nitrogens with zero attached hydrogens (tertiary/aromatic N) is 5. The Hall–Kier alpha value is -3.29. The van der Waals surface area contributed by atoms with E-state index in [2.05, 4.69) is 39.4 Å². The maximum Gasteiger partial charge on any atom is 0.481 e. The number of imidazole rings is 1. The van der Waals surface area contributed by atoms with Crippen molar-refractivity contribution in [3.8, 4) is 0 Å². The maximum atomic E-state index is 12.7. The molecule has 316 valence electrons. The number of hydrogen-bond acceptors (Lipinski definition) is 19. The van der Waals surface area contributed by atoms with Crippen molar-refractivity contribution >= 4 is 69.1 Å². The number of nitrogen functional groups attached to an aromatic ring is 1. The average Bonchev–Trinajstić information content (AvgIpc) is 3.68. The van der Waals surface area contributed by atoms with Gasteiger partial charge in [0.15, 0.2) is 22.8 Å². The van der Waals surface area contributed by atoms with Crippen LogP contribution in [0.25, 0.3) is 11.2 Å². The van der Waals surface area contributed by atoms with Gasteiger partial charge in [0, 0.05) is 42.6 Å². The third-order valence-corrected chi connectivity index (χ3v) is 11.8. The molecular weight excluding hydrogens is 845 g/mol. The number of carbonyl (C=O) groups excluding carboxylic acids is 3. The van der Waals surface area contributed by atoms with Gasteiger partial charge in [-0.3, -0.25) is 37.5 Å². The van der Waals surface area contributed by atoms with E-state index in [-0.39, 0.29) is 48.0 Å². The van der Waals surface area contributed by atoms with Crippen molar-refractivity contribution in [3.63, 3.8) is 0 Å². The number of ether oxygens (including phenoxy) is 1. The van der Waals surface area contributed by atoms with Gasteiger partial charge in [-0.05, 0) is 12.1 Å². The number of pyridine rings is 1. The van der Waals surface area contributed by atoms with Crippen molar-refractivity contribution < 1.29 is 80.5 Å². The van der Waals surface area contributed by atoms with Gasteiger partial charge < -0.3 is 50.9 Å². The number of phosphoric ester groups is 3. The van der Waals surface area contributed by atoms with Crippen molar-refractivity contribution in [2.24, 2.45) is 5.41 Å². The first-order chi connectivity index (χ1) is 26.6. The molecule has 0 bridgehead atoms. The molecule has 2 unspecified atom stereocenters. The molecule has 0 aliphatic carbocycles. The van der Waals surface area contributed by atoms with Gasteiger partial charge in [0.25, 0.3) is 0 Å². The Bertz CT molecular complexity index is 2020. The summed E-state index contributed by atoms with van der Waals surface area (Å²) in [5.74, 6) is -1.18. The number of nitrogens with two attached hydrogens (primary N) is 1. The number of hydrogen-bond donors (Lipinski definition) is 9. The topological polar surface area (TPSA) is 377 Å². The first kappa shape index (κ1) is 46.4. The number of nitrogens with one attached hydrogen (secondary N) is 2. The molecule has 1 saturated heterocycles. The van der Waals surface area contributed by atoms with Crippen molar-refractivity contribution in [2.75, 3.05) is 37.8 Å². The molecule has 0 spiro atoms. The lowest BCUT2D eigenvalue weighted by molar-refractivity contribution is -0.137. The first-order valence-electron chi connectivity index (χ1n) is 16.5. The summed E-state index contributed by atoms with van der Waals surface area (Å²) in [7, 11) is -16.4. The van der Waals surface area contributed by atoms with E-state index < -0.39 is 84.6 Å². The number of carbonyl (C=O) groups is 3. The summed E-state index contributed by atoms with van der Waals surface area (Å²) in [5, 5.41) is 26.2. The lowest BCUT2D eigenvalue weighted by Gasteiger charge is -2.30. The quantitative estimate of drug-likeness (QED) is 0.0472. The number of phosphoric acid groups is 3. The van der Waals surface area contributed by atoms with Crippen LogP contribution in [0.1, 0.15) is 32.2 Å². The lowest BCUT2D eigenvalue weighted by Crippen LogP contribution is -2.46. The highest BCUT2D eigenvalue weighted by molar-refractivity contribution is 8.13. The van der Waals surface area contributed by atoms with Crippen LogP contribution < -0.4 is 16.4 Å². The zero-order valence-corrected chi connectivity index (χ0v) is 33.5. The van der Waals surface area contributed by atoms with E-state index in [4.69, 9.17) is 19.5 Å². The Balaban J connectivity index is 1.22. The van der Waals surface area contributed by atoms with Gasteiger partial charge in [0.2, 0.25) is 11.8 Å². The van der Waals surface area contributed by atoms with Gasteiger partial charge in [-0.2, -0.15) is 4.31 Å². The molecule has 10 N–H and O–H groups in total. The minimum atomic E-state index is -5.57. The normalized spacial score (nSPS) is 21.4. The van der Waals surface area contributed by atoms with Crippen LogP contribution in [-0.4, -0.2) is 128 Å². The van der Waals surface area contributed by atoms with Crippen LogP contribution in [0, 0.1) is 5.41 Å². The Morgan fingerprint density at radius 2 is 1.75 bits per heavy atom. The van der Waals surface area contributed by atoms with Crippen LogP contribution >= 0.6 is 35.2 Å². The fourth-order valence-electron chi connectivity index (χ4n) is 5.00. The van der Waals surface area contributed by atoms with Crippen molar-refractivity contribution in [1.82, 2.24) is 35.1 Å². The summed E-state index contributed by atoms with van der Waals surface area (Å²) in [6.07, 6.45) is -5.24. The number of amides is 2. The first-order valence-corrected chi connectivity index (χ1v) is 22.0. The highest BCUT2D eigenvalue weighted by Crippen LogP contribution is 2.61. The van der Waals surface area contributed by atoms with Gasteiger partial charge in [-0.15, -0.1) is 0 Å². The van der Waals surface area contributed by atoms with Gasteiger partial charge >= 0.3 is 23.5 Å². The molecule has 7 atom stereocenters. The van der Waals surface area contributed by atoms with Gasteiger partial charge in [-0.1, -0.05) is 31.7 Å². The molecule has 4 rings (SSSR count). The third kappa shape index (κ3) is 13.9. The minimum absolute atomic E-state index is 0.0282. The molecule has 4 heterocycles. The van der Waals surface area contributed by atoms with Crippen LogP contribution in [0.3, 0.4) is 0 Å². The smallest absolute Gasteiger partial charge is 0.386 e. The molecule has 1 fully saturated rings. The number of aliphatic hydroxyl groups is 2. The van der Waals surface area contributed by atoms with E-state index in [1.165, 1.54) is 13.8 Å².